The topological polar surface area (TPSA) is 152 Å². The van der Waals surface area contributed by atoms with Crippen LogP contribution in [0.4, 0.5) is 0 Å². The Morgan fingerprint density at radius 2 is 1.54 bits per heavy atom. The number of ketones is 1. The van der Waals surface area contributed by atoms with Gasteiger partial charge >= 0.3 is 0 Å². The van der Waals surface area contributed by atoms with Gasteiger partial charge in [0, 0.05) is 13.2 Å². The molecule has 1 saturated heterocycles. The molecule has 0 saturated carbocycles. The summed E-state index contributed by atoms with van der Waals surface area (Å²) >= 11 is 0. The average Bonchev–Trinajstić information content (AvgIpc) is 3.37. The summed E-state index contributed by atoms with van der Waals surface area (Å²) in [5.41, 5.74) is -0.833. The van der Waals surface area contributed by atoms with Crippen molar-refractivity contribution in [2.75, 3.05) is 20.3 Å². The number of nitrogens with zero attached hydrogens (tertiary/aromatic N) is 1. The first-order chi connectivity index (χ1) is 16.4. The fourth-order valence-corrected chi connectivity index (χ4v) is 3.62. The SMILES string of the molecule is COC[C@H](NC(=O)C(CC(C)C)NC(=O)c1cc(C)on1)C(=O)NC(CC(C)C)C(=O)[C@@]1(C)CO1. The van der Waals surface area contributed by atoms with Gasteiger partial charge in [0.1, 0.15) is 23.4 Å². The van der Waals surface area contributed by atoms with Crippen LogP contribution in [0.2, 0.25) is 0 Å². The monoisotopic (exact) mass is 494 g/mol. The summed E-state index contributed by atoms with van der Waals surface area (Å²) in [5.74, 6) is -1.17. The third-order valence-corrected chi connectivity index (χ3v) is 5.59. The summed E-state index contributed by atoms with van der Waals surface area (Å²) < 4.78 is 15.3. The van der Waals surface area contributed by atoms with Gasteiger partial charge in [-0.2, -0.15) is 0 Å². The molecule has 0 radical (unpaired) electrons. The van der Waals surface area contributed by atoms with Gasteiger partial charge < -0.3 is 29.9 Å². The van der Waals surface area contributed by atoms with Gasteiger partial charge in [-0.05, 0) is 38.5 Å². The molecular weight excluding hydrogens is 456 g/mol. The molecule has 0 spiro atoms. The van der Waals surface area contributed by atoms with E-state index in [9.17, 15) is 19.2 Å². The molecule has 0 aliphatic carbocycles. The van der Waals surface area contributed by atoms with Gasteiger partial charge in [-0.1, -0.05) is 32.9 Å². The Morgan fingerprint density at radius 3 is 2.03 bits per heavy atom. The summed E-state index contributed by atoms with van der Waals surface area (Å²) in [6.45, 7) is 11.3. The van der Waals surface area contributed by atoms with Crippen molar-refractivity contribution in [3.8, 4) is 0 Å². The highest BCUT2D eigenvalue weighted by molar-refractivity contribution is 5.99. The number of aryl methyl sites for hydroxylation is 1. The van der Waals surface area contributed by atoms with Gasteiger partial charge in [-0.25, -0.2) is 0 Å². The first-order valence-electron chi connectivity index (χ1n) is 11.9. The second-order valence-corrected chi connectivity index (χ2v) is 10.1. The molecule has 11 nitrogen and oxygen atoms in total. The van der Waals surface area contributed by atoms with Gasteiger partial charge in [-0.15, -0.1) is 0 Å². The summed E-state index contributed by atoms with van der Waals surface area (Å²) in [6, 6.07) is -1.27. The summed E-state index contributed by atoms with van der Waals surface area (Å²) in [5, 5.41) is 11.8. The van der Waals surface area contributed by atoms with Crippen LogP contribution >= 0.6 is 0 Å². The normalized spacial score (nSPS) is 19.7. The van der Waals surface area contributed by atoms with Crippen molar-refractivity contribution in [2.45, 2.75) is 78.1 Å². The number of aromatic nitrogens is 1. The predicted molar refractivity (Wildman–Crippen MR) is 127 cm³/mol. The number of nitrogens with one attached hydrogen (secondary N) is 3. The maximum atomic E-state index is 13.1. The van der Waals surface area contributed by atoms with E-state index in [2.05, 4.69) is 21.1 Å². The molecular formula is C24H38N4O7. The number of ether oxygens (including phenoxy) is 2. The Labute approximate surface area is 206 Å². The largest absolute Gasteiger partial charge is 0.382 e. The summed E-state index contributed by atoms with van der Waals surface area (Å²) in [4.78, 5) is 51.6. The smallest absolute Gasteiger partial charge is 0.274 e. The Hall–Kier alpha value is -2.79. The number of amides is 3. The minimum absolute atomic E-state index is 0.0565. The Bertz CT molecular complexity index is 907. The van der Waals surface area contributed by atoms with Gasteiger partial charge in [0.05, 0.1) is 19.3 Å². The van der Waals surface area contributed by atoms with Crippen LogP contribution in [0.1, 0.15) is 63.7 Å². The number of carbonyl (C=O) groups excluding carboxylic acids is 4. The molecule has 2 unspecified atom stereocenters. The molecule has 1 aromatic rings. The lowest BCUT2D eigenvalue weighted by Crippen LogP contribution is -2.58. The second kappa shape index (κ2) is 12.3. The van der Waals surface area contributed by atoms with Crippen LogP contribution in [-0.2, 0) is 23.9 Å². The minimum atomic E-state index is -1.07. The molecule has 3 amide bonds. The van der Waals surface area contributed by atoms with E-state index in [0.29, 0.717) is 25.2 Å². The molecule has 2 heterocycles. The first-order valence-corrected chi connectivity index (χ1v) is 11.9. The van der Waals surface area contributed by atoms with E-state index in [4.69, 9.17) is 14.0 Å². The van der Waals surface area contributed by atoms with E-state index in [-0.39, 0.29) is 29.9 Å². The Balaban J connectivity index is 2.12. The molecule has 35 heavy (non-hydrogen) atoms. The van der Waals surface area contributed by atoms with Crippen molar-refractivity contribution in [1.29, 1.82) is 0 Å². The highest BCUT2D eigenvalue weighted by atomic mass is 16.6. The standard InChI is InChI=1S/C24H38N4O7/c1-13(2)8-16(20(29)24(6)12-34-24)25-23(32)19(11-33-7)27-21(30)17(9-14(3)4)26-22(31)18-10-15(5)35-28-18/h10,13-14,16-17,19H,8-9,11-12H2,1-7H3,(H,25,32)(H,26,31)(H,27,30)/t16?,17?,19-,24+/m0/s1. The molecule has 1 fully saturated rings. The van der Waals surface area contributed by atoms with Crippen LogP contribution in [0, 0.1) is 18.8 Å². The third-order valence-electron chi connectivity index (χ3n) is 5.59. The van der Waals surface area contributed by atoms with Crippen molar-refractivity contribution in [3.05, 3.63) is 17.5 Å². The third kappa shape index (κ3) is 8.43. The van der Waals surface area contributed by atoms with Crippen LogP contribution in [0.15, 0.2) is 10.6 Å². The van der Waals surface area contributed by atoms with Crippen molar-refractivity contribution in [2.24, 2.45) is 11.8 Å². The maximum Gasteiger partial charge on any atom is 0.274 e. The van der Waals surface area contributed by atoms with Gasteiger partial charge in [0.25, 0.3) is 5.91 Å². The number of hydrogen-bond donors (Lipinski definition) is 3. The number of methoxy groups -OCH3 is 1. The second-order valence-electron chi connectivity index (χ2n) is 10.1. The molecule has 0 aromatic carbocycles. The van der Waals surface area contributed by atoms with E-state index < -0.39 is 41.4 Å². The lowest BCUT2D eigenvalue weighted by atomic mass is 9.93. The summed E-state index contributed by atoms with van der Waals surface area (Å²) in [6.07, 6.45) is 0.764. The van der Waals surface area contributed by atoms with Crippen LogP contribution in [0.25, 0.3) is 0 Å². The van der Waals surface area contributed by atoms with E-state index in [1.807, 2.05) is 27.7 Å². The highest BCUT2D eigenvalue weighted by Crippen LogP contribution is 2.29. The first kappa shape index (κ1) is 28.4. The quantitative estimate of drug-likeness (QED) is 0.326. The number of carbonyl (C=O) groups is 4. The molecule has 2 rings (SSSR count). The van der Waals surface area contributed by atoms with Gasteiger partial charge in [-0.3, -0.25) is 19.2 Å². The van der Waals surface area contributed by atoms with Crippen molar-refractivity contribution in [3.63, 3.8) is 0 Å². The van der Waals surface area contributed by atoms with E-state index >= 15 is 0 Å². The van der Waals surface area contributed by atoms with Crippen LogP contribution in [-0.4, -0.2) is 72.7 Å². The van der Waals surface area contributed by atoms with E-state index in [0.717, 1.165) is 0 Å². The lowest BCUT2D eigenvalue weighted by molar-refractivity contribution is -0.134. The molecule has 196 valence electrons. The molecule has 3 N–H and O–H groups in total. The minimum Gasteiger partial charge on any atom is -0.382 e. The molecule has 11 heteroatoms. The zero-order chi connectivity index (χ0) is 26.3. The highest BCUT2D eigenvalue weighted by Gasteiger charge is 2.50. The molecule has 1 aliphatic rings. The van der Waals surface area contributed by atoms with Crippen molar-refractivity contribution >= 4 is 23.5 Å². The van der Waals surface area contributed by atoms with Crippen molar-refractivity contribution in [1.82, 2.24) is 21.1 Å². The van der Waals surface area contributed by atoms with Crippen LogP contribution in [0.3, 0.4) is 0 Å². The van der Waals surface area contributed by atoms with Crippen molar-refractivity contribution < 1.29 is 33.2 Å². The fourth-order valence-electron chi connectivity index (χ4n) is 3.62. The zero-order valence-electron chi connectivity index (χ0n) is 21.6. The maximum absolute atomic E-state index is 13.1. The van der Waals surface area contributed by atoms with E-state index in [1.165, 1.54) is 13.2 Å². The number of rotatable bonds is 14. The number of Topliss-reactive ketones (excluding diaryl/α,β-unsaturated/α-hetero) is 1. The Morgan fingerprint density at radius 1 is 1.00 bits per heavy atom. The van der Waals surface area contributed by atoms with Crippen LogP contribution < -0.4 is 16.0 Å². The van der Waals surface area contributed by atoms with Crippen LogP contribution in [0.5, 0.6) is 0 Å². The average molecular weight is 495 g/mol. The van der Waals surface area contributed by atoms with E-state index in [1.54, 1.807) is 13.8 Å². The molecule has 1 aromatic heterocycles. The number of epoxide rings is 1. The molecule has 1 aliphatic heterocycles. The fraction of sp³-hybridized carbons (Fsp3) is 0.708. The zero-order valence-corrected chi connectivity index (χ0v) is 21.6. The molecule has 0 bridgehead atoms. The Kier molecular flexibility index (Phi) is 9.96. The number of hydrogen-bond acceptors (Lipinski definition) is 8. The lowest BCUT2D eigenvalue weighted by Gasteiger charge is -2.26. The van der Waals surface area contributed by atoms with Gasteiger partial charge in [0.2, 0.25) is 11.8 Å². The van der Waals surface area contributed by atoms with Gasteiger partial charge in [0.15, 0.2) is 11.5 Å². The predicted octanol–water partition coefficient (Wildman–Crippen LogP) is 1.15. The summed E-state index contributed by atoms with van der Waals surface area (Å²) in [7, 11) is 1.41. The molecule has 4 atom stereocenters.